The molecule has 4 saturated carbocycles. The van der Waals surface area contributed by atoms with Crippen LogP contribution in [0.5, 0.6) is 0 Å². The maximum atomic E-state index is 13.6. The minimum atomic E-state index is -0.324. The fourth-order valence-corrected chi connectivity index (χ4v) is 7.66. The Morgan fingerprint density at radius 2 is 1.66 bits per heavy atom. The van der Waals surface area contributed by atoms with E-state index >= 15 is 0 Å². The van der Waals surface area contributed by atoms with Crippen LogP contribution in [0, 0.1) is 29.1 Å². The third-order valence-electron chi connectivity index (χ3n) is 7.90. The third-order valence-corrected chi connectivity index (χ3v) is 7.90. The highest BCUT2D eigenvalue weighted by Crippen LogP contribution is 2.69. The van der Waals surface area contributed by atoms with Crippen molar-refractivity contribution in [1.82, 2.24) is 9.36 Å². The van der Waals surface area contributed by atoms with Crippen molar-refractivity contribution in [3.8, 4) is 5.69 Å². The number of nitrogens with one attached hydrogen (secondary N) is 1. The molecule has 4 bridgehead atoms. The summed E-state index contributed by atoms with van der Waals surface area (Å²) in [6.07, 6.45) is 6.62. The molecule has 4 aliphatic carbocycles. The molecule has 4 aliphatic rings. The number of rotatable bonds is 3. The van der Waals surface area contributed by atoms with Crippen LogP contribution in [0.25, 0.3) is 5.69 Å². The van der Waals surface area contributed by atoms with Crippen molar-refractivity contribution in [3.05, 3.63) is 46.4 Å². The Labute approximate surface area is 172 Å². The zero-order chi connectivity index (χ0) is 20.6. The van der Waals surface area contributed by atoms with Crippen molar-refractivity contribution in [2.45, 2.75) is 59.3 Å². The van der Waals surface area contributed by atoms with Crippen LogP contribution < -0.4 is 10.9 Å². The SMILES string of the molecule is Cc1c(NC(=O)C23CC4C[C@@](C)(C2)C[C@@](C)(C4)C3)c(=O)n(-c2ccccc2)n1C. The van der Waals surface area contributed by atoms with Gasteiger partial charge in [-0.15, -0.1) is 0 Å². The molecule has 1 aromatic heterocycles. The van der Waals surface area contributed by atoms with E-state index in [1.165, 1.54) is 19.3 Å². The quantitative estimate of drug-likeness (QED) is 0.839. The highest BCUT2D eigenvalue weighted by atomic mass is 16.2. The second-order valence-electron chi connectivity index (χ2n) is 10.8. The van der Waals surface area contributed by atoms with Crippen molar-refractivity contribution in [3.63, 3.8) is 0 Å². The smallest absolute Gasteiger partial charge is 0.295 e. The minimum absolute atomic E-state index is 0.0602. The van der Waals surface area contributed by atoms with E-state index < -0.39 is 0 Å². The molecular weight excluding hydrogens is 362 g/mol. The van der Waals surface area contributed by atoms with Crippen molar-refractivity contribution < 1.29 is 4.79 Å². The predicted octanol–water partition coefficient (Wildman–Crippen LogP) is 4.42. The number of anilines is 1. The van der Waals surface area contributed by atoms with Crippen LogP contribution in [0.4, 0.5) is 5.69 Å². The van der Waals surface area contributed by atoms with Crippen LogP contribution in [0.15, 0.2) is 35.1 Å². The number of nitrogens with zero attached hydrogens (tertiary/aromatic N) is 2. The summed E-state index contributed by atoms with van der Waals surface area (Å²) in [5.41, 5.74) is 2.06. The number of para-hydroxylation sites is 1. The Hall–Kier alpha value is -2.30. The molecule has 29 heavy (non-hydrogen) atoms. The van der Waals surface area contributed by atoms with Gasteiger partial charge in [-0.3, -0.25) is 14.3 Å². The second-order valence-corrected chi connectivity index (χ2v) is 10.8. The molecular formula is C24H31N3O2. The lowest BCUT2D eigenvalue weighted by Gasteiger charge is -2.64. The van der Waals surface area contributed by atoms with Gasteiger partial charge in [0, 0.05) is 7.05 Å². The summed E-state index contributed by atoms with van der Waals surface area (Å²) < 4.78 is 3.46. The van der Waals surface area contributed by atoms with Gasteiger partial charge >= 0.3 is 0 Å². The van der Waals surface area contributed by atoms with Gasteiger partial charge in [-0.2, -0.15) is 0 Å². The van der Waals surface area contributed by atoms with Gasteiger partial charge in [-0.1, -0.05) is 32.0 Å². The first-order valence-corrected chi connectivity index (χ1v) is 10.8. The normalized spacial score (nSPS) is 35.1. The summed E-state index contributed by atoms with van der Waals surface area (Å²) in [5, 5.41) is 3.11. The average Bonchev–Trinajstić information content (AvgIpc) is 2.83. The number of carbonyl (C=O) groups excluding carboxylic acids is 1. The highest BCUT2D eigenvalue weighted by Gasteiger charge is 2.62. The Morgan fingerprint density at radius 1 is 1.03 bits per heavy atom. The van der Waals surface area contributed by atoms with E-state index in [-0.39, 0.29) is 27.7 Å². The van der Waals surface area contributed by atoms with Gasteiger partial charge < -0.3 is 5.32 Å². The van der Waals surface area contributed by atoms with Gasteiger partial charge in [0.05, 0.1) is 16.8 Å². The summed E-state index contributed by atoms with van der Waals surface area (Å²) in [7, 11) is 1.87. The molecule has 154 valence electrons. The Kier molecular flexibility index (Phi) is 3.78. The molecule has 5 nitrogen and oxygen atoms in total. The number of benzene rings is 1. The molecule has 0 spiro atoms. The molecule has 4 fully saturated rings. The number of hydrogen-bond donors (Lipinski definition) is 1. The third kappa shape index (κ3) is 2.73. The van der Waals surface area contributed by atoms with E-state index in [9.17, 15) is 9.59 Å². The second kappa shape index (κ2) is 5.87. The molecule has 0 saturated heterocycles. The molecule has 0 radical (unpaired) electrons. The number of amides is 1. The molecule has 2 atom stereocenters. The lowest BCUT2D eigenvalue weighted by molar-refractivity contribution is -0.165. The fourth-order valence-electron chi connectivity index (χ4n) is 7.66. The van der Waals surface area contributed by atoms with Crippen molar-refractivity contribution in [2.24, 2.45) is 29.2 Å². The van der Waals surface area contributed by atoms with Crippen LogP contribution in [-0.4, -0.2) is 15.3 Å². The topological polar surface area (TPSA) is 56.0 Å². The number of hydrogen-bond acceptors (Lipinski definition) is 2. The van der Waals surface area contributed by atoms with Crippen LogP contribution in [-0.2, 0) is 11.8 Å². The maximum absolute atomic E-state index is 13.6. The first-order valence-electron chi connectivity index (χ1n) is 10.8. The molecule has 1 N–H and O–H groups in total. The molecule has 1 amide bonds. The Balaban J connectivity index is 1.50. The lowest BCUT2D eigenvalue weighted by Crippen LogP contribution is -2.58. The lowest BCUT2D eigenvalue weighted by atomic mass is 9.40. The molecule has 2 aromatic rings. The monoisotopic (exact) mass is 393 g/mol. The predicted molar refractivity (Wildman–Crippen MR) is 114 cm³/mol. The average molecular weight is 394 g/mol. The van der Waals surface area contributed by atoms with Crippen LogP contribution in [0.1, 0.15) is 58.1 Å². The summed E-state index contributed by atoms with van der Waals surface area (Å²) in [6, 6.07) is 9.58. The van der Waals surface area contributed by atoms with Gasteiger partial charge in [0.25, 0.3) is 5.56 Å². The minimum Gasteiger partial charge on any atom is -0.319 e. The fraction of sp³-hybridized carbons (Fsp3) is 0.583. The summed E-state index contributed by atoms with van der Waals surface area (Å²) in [5.74, 6) is 0.704. The van der Waals surface area contributed by atoms with Gasteiger partial charge in [-0.25, -0.2) is 4.68 Å². The van der Waals surface area contributed by atoms with E-state index in [4.69, 9.17) is 0 Å². The number of carbonyl (C=O) groups is 1. The molecule has 1 aromatic carbocycles. The Morgan fingerprint density at radius 3 is 2.24 bits per heavy atom. The van der Waals surface area contributed by atoms with E-state index in [1.54, 1.807) is 4.68 Å². The maximum Gasteiger partial charge on any atom is 0.295 e. The molecule has 0 aliphatic heterocycles. The molecule has 0 unspecified atom stereocenters. The summed E-state index contributed by atoms with van der Waals surface area (Å²) >= 11 is 0. The van der Waals surface area contributed by atoms with Crippen molar-refractivity contribution in [2.75, 3.05) is 5.32 Å². The van der Waals surface area contributed by atoms with Crippen LogP contribution in [0.2, 0.25) is 0 Å². The molecule has 6 rings (SSSR count). The Bertz CT molecular complexity index is 1030. The molecule has 5 heteroatoms. The standard InChI is InChI=1S/C24H31N3O2/c1-16-19(20(28)27(26(16)4)18-8-6-5-7-9-18)25-21(29)24-12-17-10-22(2,14-24)13-23(3,11-17)15-24/h5-9,17H,10-15H2,1-4H3,(H,25,29)/t17?,22-,23-,24?/m1/s1. The van der Waals surface area contributed by atoms with E-state index in [2.05, 4.69) is 19.2 Å². The van der Waals surface area contributed by atoms with Gasteiger partial charge in [0.1, 0.15) is 5.69 Å². The van der Waals surface area contributed by atoms with Gasteiger partial charge in [0.2, 0.25) is 5.91 Å². The van der Waals surface area contributed by atoms with Crippen LogP contribution >= 0.6 is 0 Å². The summed E-state index contributed by atoms with van der Waals surface area (Å²) in [4.78, 5) is 26.9. The van der Waals surface area contributed by atoms with Crippen molar-refractivity contribution in [1.29, 1.82) is 0 Å². The van der Waals surface area contributed by atoms with Crippen LogP contribution in [0.3, 0.4) is 0 Å². The highest BCUT2D eigenvalue weighted by molar-refractivity contribution is 5.96. The first-order chi connectivity index (χ1) is 13.6. The number of aromatic nitrogens is 2. The molecule has 1 heterocycles. The largest absolute Gasteiger partial charge is 0.319 e. The zero-order valence-electron chi connectivity index (χ0n) is 17.9. The van der Waals surface area contributed by atoms with Crippen molar-refractivity contribution >= 4 is 11.6 Å². The van der Waals surface area contributed by atoms with Gasteiger partial charge in [0.15, 0.2) is 0 Å². The van der Waals surface area contributed by atoms with Gasteiger partial charge in [-0.05, 0) is 74.3 Å². The van der Waals surface area contributed by atoms with E-state index in [1.807, 2.05) is 49.0 Å². The zero-order valence-corrected chi connectivity index (χ0v) is 17.9. The van der Waals surface area contributed by atoms with E-state index in [0.717, 1.165) is 30.6 Å². The van der Waals surface area contributed by atoms with E-state index in [0.29, 0.717) is 11.6 Å². The first kappa shape index (κ1) is 18.7. The summed E-state index contributed by atoms with van der Waals surface area (Å²) in [6.45, 7) is 6.64.